The number of nitrogens with one attached hydrogen (secondary N) is 1. The van der Waals surface area contributed by atoms with Gasteiger partial charge in [0.2, 0.25) is 11.8 Å². The number of carbonyl (C=O) groups excluding carboxylic acids is 2. The number of halogens is 1. The molecule has 11 heteroatoms. The molecule has 0 saturated carbocycles. The highest BCUT2D eigenvalue weighted by atomic mass is 32.1. The monoisotopic (exact) mass is 504 g/mol. The highest BCUT2D eigenvalue weighted by Gasteiger charge is 2.15. The number of pyridine rings is 1. The Morgan fingerprint density at radius 2 is 2.06 bits per heavy atom. The highest BCUT2D eigenvalue weighted by Crippen LogP contribution is 2.28. The Kier molecular flexibility index (Phi) is 7.31. The molecule has 0 spiro atoms. The summed E-state index contributed by atoms with van der Waals surface area (Å²) in [4.78, 5) is 36.7. The standard InChI is InChI=1S/C25H21FN6O3S/c1-29-18(8-9-27)15-5-7-21-19(13-15)31-25(36-21)32-22(33)12-14-4-6-20(17(26)11-14)35-24-16(23(28)34)3-2-10-30-24/h2-11,13H,12,27H2,1H3,(H2,28,34)(H,31,32,33). The van der Waals surface area contributed by atoms with Crippen LogP contribution in [0.2, 0.25) is 0 Å². The second-order valence-electron chi connectivity index (χ2n) is 7.48. The first-order chi connectivity index (χ1) is 17.4. The van der Waals surface area contributed by atoms with Crippen LogP contribution in [0.5, 0.6) is 11.6 Å². The number of anilines is 1. The minimum Gasteiger partial charge on any atom is -0.435 e. The van der Waals surface area contributed by atoms with E-state index in [1.165, 1.54) is 48.0 Å². The van der Waals surface area contributed by atoms with Gasteiger partial charge in [-0.2, -0.15) is 0 Å². The first-order valence-corrected chi connectivity index (χ1v) is 11.5. The zero-order valence-corrected chi connectivity index (χ0v) is 19.9. The lowest BCUT2D eigenvalue weighted by atomic mass is 10.1. The van der Waals surface area contributed by atoms with Crippen LogP contribution in [-0.2, 0) is 11.2 Å². The number of primary amides is 1. The Morgan fingerprint density at radius 1 is 1.22 bits per heavy atom. The zero-order chi connectivity index (χ0) is 25.7. The van der Waals surface area contributed by atoms with E-state index in [9.17, 15) is 14.0 Å². The van der Waals surface area contributed by atoms with Gasteiger partial charge in [-0.15, -0.1) is 0 Å². The first-order valence-electron chi connectivity index (χ1n) is 10.6. The number of hydrogen-bond acceptors (Lipinski definition) is 8. The fourth-order valence-corrected chi connectivity index (χ4v) is 4.24. The summed E-state index contributed by atoms with van der Waals surface area (Å²) in [5.74, 6) is -2.07. The second-order valence-corrected chi connectivity index (χ2v) is 8.51. The minimum atomic E-state index is -0.746. The number of aliphatic imine (C=N–C) groups is 1. The number of allylic oxidation sites excluding steroid dienone is 1. The lowest BCUT2D eigenvalue weighted by Gasteiger charge is -2.09. The molecule has 36 heavy (non-hydrogen) atoms. The molecule has 0 atom stereocenters. The number of hydrogen-bond donors (Lipinski definition) is 3. The number of benzene rings is 2. The predicted octanol–water partition coefficient (Wildman–Crippen LogP) is 3.79. The van der Waals surface area contributed by atoms with Crippen LogP contribution in [0.25, 0.3) is 10.2 Å². The average Bonchev–Trinajstić information content (AvgIpc) is 3.25. The zero-order valence-electron chi connectivity index (χ0n) is 19.1. The van der Waals surface area contributed by atoms with Crippen molar-refractivity contribution in [3.63, 3.8) is 0 Å². The summed E-state index contributed by atoms with van der Waals surface area (Å²) >= 11 is 1.32. The Balaban J connectivity index is 1.45. The molecule has 2 aromatic heterocycles. The summed E-state index contributed by atoms with van der Waals surface area (Å²) in [6.45, 7) is 0. The molecule has 4 rings (SSSR count). The molecule has 5 N–H and O–H groups in total. The van der Waals surface area contributed by atoms with Crippen LogP contribution in [0.3, 0.4) is 0 Å². The SMILES string of the molecule is CN=C(C=CN)c1ccc2sc(NC(=O)Cc3ccc(Oc4ncccc4C(N)=O)c(F)c3)nc2c1. The van der Waals surface area contributed by atoms with Crippen LogP contribution >= 0.6 is 11.3 Å². The molecule has 0 aliphatic heterocycles. The Hall–Kier alpha value is -4.64. The average molecular weight is 505 g/mol. The van der Waals surface area contributed by atoms with E-state index in [1.54, 1.807) is 19.2 Å². The van der Waals surface area contributed by atoms with Crippen LogP contribution in [0, 0.1) is 5.82 Å². The van der Waals surface area contributed by atoms with Crippen LogP contribution in [0.1, 0.15) is 21.5 Å². The van der Waals surface area contributed by atoms with Crippen molar-refractivity contribution in [2.24, 2.45) is 16.5 Å². The number of amides is 2. The molecule has 182 valence electrons. The van der Waals surface area contributed by atoms with Crippen LogP contribution in [-0.4, -0.2) is 34.5 Å². The van der Waals surface area contributed by atoms with Gasteiger partial charge in [0.25, 0.3) is 5.91 Å². The molecule has 9 nitrogen and oxygen atoms in total. The van der Waals surface area contributed by atoms with Crippen LogP contribution in [0.15, 0.2) is 72.0 Å². The van der Waals surface area contributed by atoms with Crippen molar-refractivity contribution < 1.29 is 18.7 Å². The summed E-state index contributed by atoms with van der Waals surface area (Å²) in [5, 5.41) is 3.17. The van der Waals surface area contributed by atoms with Crippen LogP contribution < -0.4 is 21.5 Å². The summed E-state index contributed by atoms with van der Waals surface area (Å²) in [7, 11) is 1.67. The number of fused-ring (bicyclic) bond motifs is 1. The van der Waals surface area contributed by atoms with Gasteiger partial charge in [-0.1, -0.05) is 23.5 Å². The van der Waals surface area contributed by atoms with Crippen molar-refractivity contribution >= 4 is 44.2 Å². The van der Waals surface area contributed by atoms with E-state index in [0.29, 0.717) is 21.9 Å². The number of ether oxygens (including phenoxy) is 1. The van der Waals surface area contributed by atoms with E-state index in [4.69, 9.17) is 16.2 Å². The van der Waals surface area contributed by atoms with Gasteiger partial charge in [0.15, 0.2) is 16.7 Å². The van der Waals surface area contributed by atoms with Crippen molar-refractivity contribution in [3.05, 3.63) is 89.5 Å². The van der Waals surface area contributed by atoms with E-state index in [-0.39, 0.29) is 29.5 Å². The van der Waals surface area contributed by atoms with Gasteiger partial charge in [-0.3, -0.25) is 14.6 Å². The molecule has 4 aromatic rings. The summed E-state index contributed by atoms with van der Waals surface area (Å²) < 4.78 is 21.0. The molecule has 0 saturated heterocycles. The molecule has 2 amide bonds. The van der Waals surface area contributed by atoms with E-state index in [0.717, 1.165) is 10.3 Å². The van der Waals surface area contributed by atoms with Gasteiger partial charge in [-0.25, -0.2) is 14.4 Å². The summed E-state index contributed by atoms with van der Waals surface area (Å²) in [5.41, 5.74) is 13.5. The predicted molar refractivity (Wildman–Crippen MR) is 137 cm³/mol. The summed E-state index contributed by atoms with van der Waals surface area (Å²) in [6, 6.07) is 12.7. The van der Waals surface area contributed by atoms with E-state index >= 15 is 0 Å². The molecule has 0 unspecified atom stereocenters. The molecule has 0 radical (unpaired) electrons. The maximum Gasteiger partial charge on any atom is 0.254 e. The fraction of sp³-hybridized carbons (Fsp3) is 0.0800. The van der Waals surface area contributed by atoms with Gasteiger partial charge >= 0.3 is 0 Å². The molecule has 0 aliphatic rings. The van der Waals surface area contributed by atoms with Crippen LogP contribution in [0.4, 0.5) is 9.52 Å². The maximum atomic E-state index is 14.6. The highest BCUT2D eigenvalue weighted by molar-refractivity contribution is 7.22. The molecule has 0 fully saturated rings. The van der Waals surface area contributed by atoms with Crippen molar-refractivity contribution in [2.45, 2.75) is 6.42 Å². The van der Waals surface area contributed by atoms with Crippen molar-refractivity contribution in [3.8, 4) is 11.6 Å². The van der Waals surface area contributed by atoms with Gasteiger partial charge in [0.1, 0.15) is 5.56 Å². The van der Waals surface area contributed by atoms with Gasteiger partial charge in [-0.05, 0) is 54.2 Å². The minimum absolute atomic E-state index is 0.0253. The lowest BCUT2D eigenvalue weighted by molar-refractivity contribution is -0.115. The third-order valence-electron chi connectivity index (χ3n) is 5.03. The number of nitrogens with two attached hydrogens (primary N) is 2. The molecular formula is C25H21FN6O3S. The molecule has 0 bridgehead atoms. The second kappa shape index (κ2) is 10.7. The van der Waals surface area contributed by atoms with Gasteiger partial charge in [0.05, 0.1) is 22.3 Å². The number of aromatic nitrogens is 2. The smallest absolute Gasteiger partial charge is 0.254 e. The van der Waals surface area contributed by atoms with Gasteiger partial charge in [0, 0.05) is 18.8 Å². The maximum absolute atomic E-state index is 14.6. The van der Waals surface area contributed by atoms with E-state index in [1.807, 2.05) is 18.2 Å². The third-order valence-corrected chi connectivity index (χ3v) is 5.98. The number of nitrogens with zero attached hydrogens (tertiary/aromatic N) is 3. The Bertz CT molecular complexity index is 1510. The first kappa shape index (κ1) is 24.5. The van der Waals surface area contributed by atoms with Crippen molar-refractivity contribution in [2.75, 3.05) is 12.4 Å². The molecule has 2 aromatic carbocycles. The Morgan fingerprint density at radius 3 is 2.78 bits per heavy atom. The normalized spacial score (nSPS) is 11.7. The number of thiazole rings is 1. The fourth-order valence-electron chi connectivity index (χ4n) is 3.38. The number of rotatable bonds is 8. The van der Waals surface area contributed by atoms with Crippen molar-refractivity contribution in [1.82, 2.24) is 9.97 Å². The molecular weight excluding hydrogens is 483 g/mol. The lowest BCUT2D eigenvalue weighted by Crippen LogP contribution is -2.14. The van der Waals surface area contributed by atoms with Crippen molar-refractivity contribution in [1.29, 1.82) is 0 Å². The van der Waals surface area contributed by atoms with E-state index < -0.39 is 11.7 Å². The molecule has 0 aliphatic carbocycles. The quantitative estimate of drug-likeness (QED) is 0.311. The topological polar surface area (TPSA) is 146 Å². The van der Waals surface area contributed by atoms with E-state index in [2.05, 4.69) is 20.3 Å². The largest absolute Gasteiger partial charge is 0.435 e. The summed E-state index contributed by atoms with van der Waals surface area (Å²) in [6.07, 6.45) is 4.42. The van der Waals surface area contributed by atoms with Gasteiger partial charge < -0.3 is 21.5 Å². The number of carbonyl (C=O) groups is 2. The Labute approximate surface area is 209 Å². The molecule has 2 heterocycles. The third kappa shape index (κ3) is 5.53.